The maximum atomic E-state index is 12.8. The molecule has 3 aromatic rings. The molecule has 0 aliphatic rings. The van der Waals surface area contributed by atoms with Gasteiger partial charge in [0.1, 0.15) is 5.82 Å². The summed E-state index contributed by atoms with van der Waals surface area (Å²) in [7, 11) is 0. The number of H-pyrrole nitrogens is 1. The number of benzene rings is 2. The number of alkyl halides is 3. The minimum atomic E-state index is -4.41. The van der Waals surface area contributed by atoms with Gasteiger partial charge in [-0.15, -0.1) is 0 Å². The Balaban J connectivity index is 1.78. The number of hydrogen-bond donors (Lipinski definition) is 1. The van der Waals surface area contributed by atoms with Crippen molar-refractivity contribution in [2.24, 2.45) is 0 Å². The number of hydrogen-bond acceptors (Lipinski definition) is 3. The summed E-state index contributed by atoms with van der Waals surface area (Å²) in [4.78, 5) is 33.8. The molecular weight excluding hydrogens is 395 g/mol. The summed E-state index contributed by atoms with van der Waals surface area (Å²) in [6, 6.07) is 11.5. The van der Waals surface area contributed by atoms with Crippen LogP contribution in [0.1, 0.15) is 36.7 Å². The number of carbonyl (C=O) groups excluding carboxylic acids is 1. The minimum absolute atomic E-state index is 0.0281. The number of aromatic nitrogens is 2. The van der Waals surface area contributed by atoms with Crippen LogP contribution in [0.2, 0.25) is 0 Å². The van der Waals surface area contributed by atoms with Gasteiger partial charge in [0.2, 0.25) is 5.91 Å². The normalized spacial score (nSPS) is 11.6. The van der Waals surface area contributed by atoms with Crippen LogP contribution in [-0.2, 0) is 23.9 Å². The molecule has 1 N–H and O–H groups in total. The Morgan fingerprint density at radius 3 is 2.47 bits per heavy atom. The van der Waals surface area contributed by atoms with Gasteiger partial charge in [-0.25, -0.2) is 4.98 Å². The number of halogens is 3. The number of unbranched alkanes of at least 4 members (excludes halogenated alkanes) is 1. The number of fused-ring (bicyclic) bond motifs is 1. The SMILES string of the molecule is CCCCN(Cc1nc2ccccc2c(=O)[nH]1)C(=O)Cc1ccc(C(F)(F)F)cc1. The summed E-state index contributed by atoms with van der Waals surface area (Å²) in [6.45, 7) is 2.58. The van der Waals surface area contributed by atoms with E-state index in [2.05, 4.69) is 9.97 Å². The average molecular weight is 417 g/mol. The van der Waals surface area contributed by atoms with Crippen molar-refractivity contribution in [1.29, 1.82) is 0 Å². The molecule has 0 saturated carbocycles. The van der Waals surface area contributed by atoms with Crippen LogP contribution in [-0.4, -0.2) is 27.3 Å². The van der Waals surface area contributed by atoms with E-state index < -0.39 is 11.7 Å². The molecule has 0 unspecified atom stereocenters. The molecule has 158 valence electrons. The quantitative estimate of drug-likeness (QED) is 0.623. The highest BCUT2D eigenvalue weighted by Gasteiger charge is 2.30. The van der Waals surface area contributed by atoms with Crippen molar-refractivity contribution in [2.45, 2.75) is 38.9 Å². The van der Waals surface area contributed by atoms with E-state index in [4.69, 9.17) is 0 Å². The fourth-order valence-corrected chi connectivity index (χ4v) is 3.13. The largest absolute Gasteiger partial charge is 0.416 e. The van der Waals surface area contributed by atoms with Crippen LogP contribution < -0.4 is 5.56 Å². The van der Waals surface area contributed by atoms with Crippen LogP contribution in [0.3, 0.4) is 0 Å². The van der Waals surface area contributed by atoms with Crippen LogP contribution >= 0.6 is 0 Å². The predicted molar refractivity (Wildman–Crippen MR) is 108 cm³/mol. The number of amides is 1. The van der Waals surface area contributed by atoms with Crippen molar-refractivity contribution in [3.05, 3.63) is 75.8 Å². The number of nitrogens with one attached hydrogen (secondary N) is 1. The fourth-order valence-electron chi connectivity index (χ4n) is 3.13. The van der Waals surface area contributed by atoms with Gasteiger partial charge in [0.15, 0.2) is 0 Å². The van der Waals surface area contributed by atoms with E-state index in [1.165, 1.54) is 12.1 Å². The van der Waals surface area contributed by atoms with Crippen LogP contribution in [0.5, 0.6) is 0 Å². The van der Waals surface area contributed by atoms with E-state index >= 15 is 0 Å². The van der Waals surface area contributed by atoms with E-state index in [0.29, 0.717) is 28.8 Å². The Labute approximate surface area is 171 Å². The smallest absolute Gasteiger partial charge is 0.335 e. The van der Waals surface area contributed by atoms with Gasteiger partial charge in [-0.1, -0.05) is 37.6 Å². The van der Waals surface area contributed by atoms with Gasteiger partial charge in [-0.3, -0.25) is 9.59 Å². The molecule has 8 heteroatoms. The summed E-state index contributed by atoms with van der Waals surface area (Å²) < 4.78 is 38.2. The number of carbonyl (C=O) groups is 1. The molecule has 0 radical (unpaired) electrons. The van der Waals surface area contributed by atoms with E-state index in [1.54, 1.807) is 29.2 Å². The Hall–Kier alpha value is -3.16. The van der Waals surface area contributed by atoms with Crippen LogP contribution in [0.4, 0.5) is 13.2 Å². The molecular formula is C22H22F3N3O2. The van der Waals surface area contributed by atoms with Gasteiger partial charge in [0.25, 0.3) is 5.56 Å². The van der Waals surface area contributed by atoms with Gasteiger partial charge in [0, 0.05) is 6.54 Å². The summed E-state index contributed by atoms with van der Waals surface area (Å²) >= 11 is 0. The van der Waals surface area contributed by atoms with Crippen molar-refractivity contribution in [2.75, 3.05) is 6.54 Å². The first kappa shape index (κ1) is 21.5. The first-order valence-corrected chi connectivity index (χ1v) is 9.69. The Bertz CT molecular complexity index is 1080. The molecule has 0 saturated heterocycles. The molecule has 3 rings (SSSR count). The molecule has 0 atom stereocenters. The second-order valence-electron chi connectivity index (χ2n) is 7.07. The number of para-hydroxylation sites is 1. The zero-order valence-electron chi connectivity index (χ0n) is 16.5. The topological polar surface area (TPSA) is 66.1 Å². The average Bonchev–Trinajstić information content (AvgIpc) is 2.71. The third-order valence-electron chi connectivity index (χ3n) is 4.77. The lowest BCUT2D eigenvalue weighted by Gasteiger charge is -2.22. The lowest BCUT2D eigenvalue weighted by Crippen LogP contribution is -2.34. The second kappa shape index (κ2) is 9.11. The highest BCUT2D eigenvalue weighted by molar-refractivity contribution is 5.79. The molecule has 0 aliphatic heterocycles. The zero-order valence-corrected chi connectivity index (χ0v) is 16.5. The standard InChI is InChI=1S/C22H22F3N3O2/c1-2-3-12-28(14-19-26-18-7-5-4-6-17(18)21(30)27-19)20(29)13-15-8-10-16(11-9-15)22(23,24)25/h4-11H,2-3,12-14H2,1H3,(H,26,27,30). The highest BCUT2D eigenvalue weighted by Crippen LogP contribution is 2.29. The van der Waals surface area contributed by atoms with Gasteiger partial charge < -0.3 is 9.88 Å². The number of rotatable bonds is 7. The summed E-state index contributed by atoms with van der Waals surface area (Å²) in [5.74, 6) is 0.134. The molecule has 0 bridgehead atoms. The lowest BCUT2D eigenvalue weighted by atomic mass is 10.1. The Morgan fingerprint density at radius 1 is 1.10 bits per heavy atom. The molecule has 0 fully saturated rings. The van der Waals surface area contributed by atoms with Crippen molar-refractivity contribution in [3.8, 4) is 0 Å². The Kier molecular flexibility index (Phi) is 6.54. The molecule has 1 amide bonds. The van der Waals surface area contributed by atoms with Crippen LogP contribution in [0.25, 0.3) is 10.9 Å². The molecule has 1 aromatic heterocycles. The first-order chi connectivity index (χ1) is 14.3. The molecule has 30 heavy (non-hydrogen) atoms. The highest BCUT2D eigenvalue weighted by atomic mass is 19.4. The van der Waals surface area contributed by atoms with Crippen molar-refractivity contribution >= 4 is 16.8 Å². The lowest BCUT2D eigenvalue weighted by molar-refractivity contribution is -0.137. The number of nitrogens with zero attached hydrogens (tertiary/aromatic N) is 2. The molecule has 5 nitrogen and oxygen atoms in total. The monoisotopic (exact) mass is 417 g/mol. The van der Waals surface area contributed by atoms with Crippen molar-refractivity contribution in [3.63, 3.8) is 0 Å². The van der Waals surface area contributed by atoms with Crippen LogP contribution in [0, 0.1) is 0 Å². The third kappa shape index (κ3) is 5.25. The summed E-state index contributed by atoms with van der Waals surface area (Å²) in [6.07, 6.45) is -2.81. The third-order valence-corrected chi connectivity index (χ3v) is 4.77. The van der Waals surface area contributed by atoms with Crippen molar-refractivity contribution in [1.82, 2.24) is 14.9 Å². The molecule has 0 spiro atoms. The summed E-state index contributed by atoms with van der Waals surface area (Å²) in [5.41, 5.74) is 0.0112. The molecule has 1 heterocycles. The molecule has 2 aromatic carbocycles. The van der Waals surface area contributed by atoms with E-state index in [1.807, 2.05) is 6.92 Å². The van der Waals surface area contributed by atoms with E-state index in [-0.39, 0.29) is 24.4 Å². The van der Waals surface area contributed by atoms with Crippen molar-refractivity contribution < 1.29 is 18.0 Å². The van der Waals surface area contributed by atoms with Gasteiger partial charge >= 0.3 is 6.18 Å². The maximum absolute atomic E-state index is 12.8. The maximum Gasteiger partial charge on any atom is 0.416 e. The first-order valence-electron chi connectivity index (χ1n) is 9.69. The van der Waals surface area contributed by atoms with E-state index in [9.17, 15) is 22.8 Å². The van der Waals surface area contributed by atoms with Crippen LogP contribution in [0.15, 0.2) is 53.3 Å². The van der Waals surface area contributed by atoms with Gasteiger partial charge in [-0.2, -0.15) is 13.2 Å². The zero-order chi connectivity index (χ0) is 21.7. The van der Waals surface area contributed by atoms with Gasteiger partial charge in [0.05, 0.1) is 29.4 Å². The fraction of sp³-hybridized carbons (Fsp3) is 0.318. The van der Waals surface area contributed by atoms with Gasteiger partial charge in [-0.05, 0) is 36.2 Å². The number of aromatic amines is 1. The summed E-state index contributed by atoms with van der Waals surface area (Å²) in [5, 5.41) is 0.470. The molecule has 0 aliphatic carbocycles. The predicted octanol–water partition coefficient (Wildman–Crippen LogP) is 4.31. The second-order valence-corrected chi connectivity index (χ2v) is 7.07. The minimum Gasteiger partial charge on any atom is -0.335 e. The Morgan fingerprint density at radius 2 is 1.80 bits per heavy atom. The van der Waals surface area contributed by atoms with E-state index in [0.717, 1.165) is 25.0 Å².